The predicted octanol–water partition coefficient (Wildman–Crippen LogP) is 1.94. The van der Waals surface area contributed by atoms with Crippen LogP contribution in [0.2, 0.25) is 0 Å². The van der Waals surface area contributed by atoms with Gasteiger partial charge in [0.15, 0.2) is 0 Å². The second-order valence-corrected chi connectivity index (χ2v) is 4.69. The van der Waals surface area contributed by atoms with Crippen molar-refractivity contribution in [3.8, 4) is 5.75 Å². The molecule has 0 aliphatic carbocycles. The second kappa shape index (κ2) is 4.46. The Morgan fingerprint density at radius 2 is 2.17 bits per heavy atom. The smallest absolute Gasteiger partial charge is 0.119 e. The van der Waals surface area contributed by atoms with Crippen LogP contribution in [0, 0.1) is 6.92 Å². The number of hydrogen-bond donors (Lipinski definition) is 2. The molecule has 1 aliphatic heterocycles. The lowest BCUT2D eigenvalue weighted by Gasteiger charge is -2.29. The van der Waals surface area contributed by atoms with Crippen molar-refractivity contribution in [3.63, 3.8) is 0 Å². The number of methoxy groups -OCH3 is 1. The molecule has 0 radical (unpaired) electrons. The van der Waals surface area contributed by atoms with Crippen molar-refractivity contribution >= 4 is 16.6 Å². The van der Waals surface area contributed by atoms with Crippen molar-refractivity contribution in [1.82, 2.24) is 10.3 Å². The Balaban J connectivity index is 2.07. The van der Waals surface area contributed by atoms with Crippen LogP contribution in [-0.4, -0.2) is 31.2 Å². The molecule has 0 bridgehead atoms. The Bertz CT molecular complexity index is 579. The van der Waals surface area contributed by atoms with Gasteiger partial charge < -0.3 is 15.4 Å². The Hall–Kier alpha value is -1.81. The van der Waals surface area contributed by atoms with Gasteiger partial charge in [0.1, 0.15) is 5.75 Å². The molecule has 0 atom stereocenters. The summed E-state index contributed by atoms with van der Waals surface area (Å²) in [6.45, 7) is 4.06. The molecule has 1 aliphatic rings. The van der Waals surface area contributed by atoms with E-state index in [1.807, 2.05) is 25.1 Å². The summed E-state index contributed by atoms with van der Waals surface area (Å²) in [4.78, 5) is 4.55. The summed E-state index contributed by atoms with van der Waals surface area (Å²) < 4.78 is 5.28. The fourth-order valence-corrected chi connectivity index (χ4v) is 2.19. The molecule has 18 heavy (non-hydrogen) atoms. The van der Waals surface area contributed by atoms with Crippen LogP contribution in [0.5, 0.6) is 5.75 Å². The van der Waals surface area contributed by atoms with E-state index in [4.69, 9.17) is 4.74 Å². The summed E-state index contributed by atoms with van der Waals surface area (Å²) in [5, 5.41) is 7.94. The highest BCUT2D eigenvalue weighted by molar-refractivity contribution is 5.92. The predicted molar refractivity (Wildman–Crippen MR) is 73.3 cm³/mol. The lowest BCUT2D eigenvalue weighted by Crippen LogP contribution is -2.51. The normalized spacial score (nSPS) is 15.4. The van der Waals surface area contributed by atoms with E-state index in [1.165, 1.54) is 0 Å². The molecule has 1 aromatic carbocycles. The number of benzene rings is 1. The fourth-order valence-electron chi connectivity index (χ4n) is 2.19. The summed E-state index contributed by atoms with van der Waals surface area (Å²) in [6, 6.07) is 8.60. The number of aryl methyl sites for hydroxylation is 1. The van der Waals surface area contributed by atoms with Gasteiger partial charge in [-0.05, 0) is 31.2 Å². The number of ether oxygens (including phenoxy) is 1. The molecular formula is C14H17N3O. The Kier molecular flexibility index (Phi) is 2.80. The van der Waals surface area contributed by atoms with Gasteiger partial charge in [-0.1, -0.05) is 0 Å². The van der Waals surface area contributed by atoms with Crippen LogP contribution < -0.4 is 15.4 Å². The highest BCUT2D eigenvalue weighted by Gasteiger charge is 2.17. The van der Waals surface area contributed by atoms with Gasteiger partial charge in [0.2, 0.25) is 0 Å². The molecule has 2 N–H and O–H groups in total. The maximum Gasteiger partial charge on any atom is 0.119 e. The van der Waals surface area contributed by atoms with Gasteiger partial charge in [-0.25, -0.2) is 0 Å². The lowest BCUT2D eigenvalue weighted by molar-refractivity contribution is 0.415. The van der Waals surface area contributed by atoms with Crippen LogP contribution in [0.3, 0.4) is 0 Å². The first kappa shape index (κ1) is 11.3. The van der Waals surface area contributed by atoms with Crippen LogP contribution >= 0.6 is 0 Å². The summed E-state index contributed by atoms with van der Waals surface area (Å²) >= 11 is 0. The van der Waals surface area contributed by atoms with Gasteiger partial charge in [0, 0.05) is 29.9 Å². The standard InChI is InChI=1S/C14H17N3O/c1-9-5-14(17-10-7-15-8-10)12-6-11(18-2)3-4-13(12)16-9/h3-6,10,15H,7-8H2,1-2H3,(H,16,17). The number of fused-ring (bicyclic) bond motifs is 1. The number of rotatable bonds is 3. The molecule has 1 saturated heterocycles. The molecular weight excluding hydrogens is 226 g/mol. The molecule has 3 rings (SSSR count). The minimum atomic E-state index is 0.515. The molecule has 0 spiro atoms. The van der Waals surface area contributed by atoms with Gasteiger partial charge in [-0.2, -0.15) is 0 Å². The van der Waals surface area contributed by atoms with E-state index in [1.54, 1.807) is 7.11 Å². The van der Waals surface area contributed by atoms with Crippen LogP contribution in [0.4, 0.5) is 5.69 Å². The molecule has 2 aromatic rings. The van der Waals surface area contributed by atoms with Crippen molar-refractivity contribution in [1.29, 1.82) is 0 Å². The molecule has 94 valence electrons. The number of anilines is 1. The molecule has 4 heteroatoms. The highest BCUT2D eigenvalue weighted by Crippen LogP contribution is 2.27. The van der Waals surface area contributed by atoms with E-state index in [0.29, 0.717) is 6.04 Å². The Morgan fingerprint density at radius 3 is 2.83 bits per heavy atom. The van der Waals surface area contributed by atoms with Crippen molar-refractivity contribution in [3.05, 3.63) is 30.0 Å². The van der Waals surface area contributed by atoms with Gasteiger partial charge in [-0.15, -0.1) is 0 Å². The fraction of sp³-hybridized carbons (Fsp3) is 0.357. The quantitative estimate of drug-likeness (QED) is 0.864. The summed E-state index contributed by atoms with van der Waals surface area (Å²) in [5.74, 6) is 0.864. The average molecular weight is 243 g/mol. The highest BCUT2D eigenvalue weighted by atomic mass is 16.5. The van der Waals surface area contributed by atoms with Crippen molar-refractivity contribution in [2.75, 3.05) is 25.5 Å². The Morgan fingerprint density at radius 1 is 1.33 bits per heavy atom. The average Bonchev–Trinajstić information content (AvgIpc) is 2.33. The maximum atomic E-state index is 5.28. The van der Waals surface area contributed by atoms with Crippen LogP contribution in [-0.2, 0) is 0 Å². The molecule has 0 unspecified atom stereocenters. The first-order valence-corrected chi connectivity index (χ1v) is 6.19. The van der Waals surface area contributed by atoms with E-state index in [-0.39, 0.29) is 0 Å². The topological polar surface area (TPSA) is 46.2 Å². The van der Waals surface area contributed by atoms with Gasteiger partial charge in [0.25, 0.3) is 0 Å². The molecule has 1 fully saturated rings. The van der Waals surface area contributed by atoms with E-state index >= 15 is 0 Å². The number of pyridine rings is 1. The number of aromatic nitrogens is 1. The zero-order chi connectivity index (χ0) is 12.5. The Labute approximate surface area is 106 Å². The van der Waals surface area contributed by atoms with E-state index in [9.17, 15) is 0 Å². The number of nitrogens with one attached hydrogen (secondary N) is 2. The lowest BCUT2D eigenvalue weighted by atomic mass is 10.1. The molecule has 4 nitrogen and oxygen atoms in total. The maximum absolute atomic E-state index is 5.28. The molecule has 0 saturated carbocycles. The largest absolute Gasteiger partial charge is 0.497 e. The zero-order valence-corrected chi connectivity index (χ0v) is 10.7. The van der Waals surface area contributed by atoms with Crippen molar-refractivity contribution in [2.24, 2.45) is 0 Å². The van der Waals surface area contributed by atoms with Gasteiger partial charge in [-0.3, -0.25) is 4.98 Å². The summed E-state index contributed by atoms with van der Waals surface area (Å²) in [7, 11) is 1.69. The molecule has 2 heterocycles. The minimum Gasteiger partial charge on any atom is -0.497 e. The van der Waals surface area contributed by atoms with Crippen molar-refractivity contribution < 1.29 is 4.74 Å². The first-order valence-electron chi connectivity index (χ1n) is 6.19. The second-order valence-electron chi connectivity index (χ2n) is 4.69. The third-order valence-electron chi connectivity index (χ3n) is 3.29. The van der Waals surface area contributed by atoms with E-state index in [0.717, 1.165) is 41.1 Å². The van der Waals surface area contributed by atoms with Crippen LogP contribution in [0.1, 0.15) is 5.69 Å². The third-order valence-corrected chi connectivity index (χ3v) is 3.29. The monoisotopic (exact) mass is 243 g/mol. The third kappa shape index (κ3) is 1.99. The van der Waals surface area contributed by atoms with Gasteiger partial charge in [0.05, 0.1) is 18.7 Å². The van der Waals surface area contributed by atoms with E-state index in [2.05, 4.69) is 21.7 Å². The SMILES string of the molecule is COc1ccc2nc(C)cc(NC3CNC3)c2c1. The zero-order valence-electron chi connectivity index (χ0n) is 10.7. The molecule has 0 amide bonds. The van der Waals surface area contributed by atoms with Crippen LogP contribution in [0.15, 0.2) is 24.3 Å². The number of nitrogens with zero attached hydrogens (tertiary/aromatic N) is 1. The number of hydrogen-bond acceptors (Lipinski definition) is 4. The van der Waals surface area contributed by atoms with Crippen LogP contribution in [0.25, 0.3) is 10.9 Å². The summed E-state index contributed by atoms with van der Waals surface area (Å²) in [5.41, 5.74) is 3.18. The summed E-state index contributed by atoms with van der Waals surface area (Å²) in [6.07, 6.45) is 0. The molecule has 1 aromatic heterocycles. The van der Waals surface area contributed by atoms with Gasteiger partial charge >= 0.3 is 0 Å². The minimum absolute atomic E-state index is 0.515. The first-order chi connectivity index (χ1) is 8.76. The van der Waals surface area contributed by atoms with Crippen molar-refractivity contribution in [2.45, 2.75) is 13.0 Å². The van der Waals surface area contributed by atoms with E-state index < -0.39 is 0 Å².